The van der Waals surface area contributed by atoms with Crippen molar-refractivity contribution >= 4 is 17.6 Å². The lowest BCUT2D eigenvalue weighted by Gasteiger charge is -2.32. The standard InChI is InChI=1S/C26H33N5O5/c1-31-14-5-4-9-21(31)26(33)36-22(12-10-18-11-13-23(34-2)24(15-18)35-3)19-7-6-8-20(16-19)29-25(32)17-28-30-27/h6-8,11,13,15-16,21-22H,4-5,9-10,12,14,17H2,1-3H3,(H,29,32)/t21-,22+/m0/s1. The smallest absolute Gasteiger partial charge is 0.323 e. The van der Waals surface area contributed by atoms with Crippen LogP contribution in [0.3, 0.4) is 0 Å². The molecule has 36 heavy (non-hydrogen) atoms. The number of carbonyl (C=O) groups excluding carboxylic acids is 2. The van der Waals surface area contributed by atoms with Crippen LogP contribution in [0.4, 0.5) is 5.69 Å². The number of hydrogen-bond donors (Lipinski definition) is 1. The van der Waals surface area contributed by atoms with Crippen molar-refractivity contribution in [2.75, 3.05) is 39.7 Å². The SMILES string of the molecule is COc1ccc(CC[C@@H](OC(=O)[C@@H]2CCCCN2C)c2cccc(NC(=O)CN=[N+]=[N-])c2)cc1OC. The van der Waals surface area contributed by atoms with Gasteiger partial charge in [-0.25, -0.2) is 0 Å². The monoisotopic (exact) mass is 495 g/mol. The number of hydrogen-bond acceptors (Lipinski definition) is 7. The molecule has 1 N–H and O–H groups in total. The Morgan fingerprint density at radius 1 is 1.17 bits per heavy atom. The Labute approximate surface area is 211 Å². The van der Waals surface area contributed by atoms with Gasteiger partial charge in [0.1, 0.15) is 18.7 Å². The van der Waals surface area contributed by atoms with Crippen LogP contribution in [0.5, 0.6) is 11.5 Å². The molecule has 2 atom stereocenters. The summed E-state index contributed by atoms with van der Waals surface area (Å²) in [6.45, 7) is 0.565. The van der Waals surface area contributed by atoms with Crippen LogP contribution < -0.4 is 14.8 Å². The van der Waals surface area contributed by atoms with E-state index in [1.165, 1.54) is 0 Å². The second-order valence-corrected chi connectivity index (χ2v) is 8.71. The summed E-state index contributed by atoms with van der Waals surface area (Å²) in [4.78, 5) is 29.8. The molecule has 1 aliphatic heterocycles. The summed E-state index contributed by atoms with van der Waals surface area (Å²) >= 11 is 0. The lowest BCUT2D eigenvalue weighted by atomic mass is 9.99. The number of nitrogens with one attached hydrogen (secondary N) is 1. The third kappa shape index (κ3) is 7.37. The van der Waals surface area contributed by atoms with Gasteiger partial charge in [0.05, 0.1) is 14.2 Å². The number of likely N-dealkylation sites (N-methyl/N-ethyl adjacent to an activating group) is 1. The minimum Gasteiger partial charge on any atom is -0.493 e. The summed E-state index contributed by atoms with van der Waals surface area (Å²) in [5.41, 5.74) is 10.8. The number of likely N-dealkylation sites (tertiary alicyclic amines) is 1. The molecule has 10 nitrogen and oxygen atoms in total. The molecule has 0 radical (unpaired) electrons. The molecule has 2 aromatic carbocycles. The maximum Gasteiger partial charge on any atom is 0.323 e. The number of benzene rings is 2. The molecule has 192 valence electrons. The van der Waals surface area contributed by atoms with Gasteiger partial charge < -0.3 is 19.5 Å². The zero-order valence-electron chi connectivity index (χ0n) is 21.0. The number of ether oxygens (including phenoxy) is 3. The molecule has 1 fully saturated rings. The van der Waals surface area contributed by atoms with Gasteiger partial charge in [0, 0.05) is 10.6 Å². The summed E-state index contributed by atoms with van der Waals surface area (Å²) in [5.74, 6) is 0.616. The highest BCUT2D eigenvalue weighted by atomic mass is 16.5. The van der Waals surface area contributed by atoms with E-state index in [0.717, 1.165) is 36.9 Å². The van der Waals surface area contributed by atoms with E-state index in [9.17, 15) is 9.59 Å². The van der Waals surface area contributed by atoms with Crippen LogP contribution in [-0.4, -0.2) is 57.2 Å². The number of piperidine rings is 1. The number of aryl methyl sites for hydroxylation is 1. The second-order valence-electron chi connectivity index (χ2n) is 8.71. The van der Waals surface area contributed by atoms with E-state index in [2.05, 4.69) is 15.3 Å². The number of carbonyl (C=O) groups is 2. The Hall–Kier alpha value is -3.75. The van der Waals surface area contributed by atoms with Gasteiger partial charge in [-0.15, -0.1) is 0 Å². The Balaban J connectivity index is 1.81. The van der Waals surface area contributed by atoms with Crippen molar-refractivity contribution in [3.8, 4) is 11.5 Å². The van der Waals surface area contributed by atoms with Crippen LogP contribution in [0.1, 0.15) is 42.9 Å². The zero-order chi connectivity index (χ0) is 25.9. The minimum absolute atomic E-state index is 0.243. The molecule has 1 heterocycles. The predicted molar refractivity (Wildman–Crippen MR) is 136 cm³/mol. The maximum absolute atomic E-state index is 13.2. The summed E-state index contributed by atoms with van der Waals surface area (Å²) in [5, 5.41) is 6.00. The lowest BCUT2D eigenvalue weighted by molar-refractivity contribution is -0.157. The average Bonchev–Trinajstić information content (AvgIpc) is 2.89. The number of methoxy groups -OCH3 is 2. The molecule has 0 saturated carbocycles. The van der Waals surface area contributed by atoms with Crippen molar-refractivity contribution in [2.24, 2.45) is 5.11 Å². The van der Waals surface area contributed by atoms with Gasteiger partial charge in [0.15, 0.2) is 11.5 Å². The first-order valence-electron chi connectivity index (χ1n) is 12.0. The van der Waals surface area contributed by atoms with Crippen molar-refractivity contribution in [3.63, 3.8) is 0 Å². The third-order valence-corrected chi connectivity index (χ3v) is 6.26. The largest absolute Gasteiger partial charge is 0.493 e. The highest BCUT2D eigenvalue weighted by Gasteiger charge is 2.30. The van der Waals surface area contributed by atoms with Crippen LogP contribution in [-0.2, 0) is 20.7 Å². The van der Waals surface area contributed by atoms with Crippen LogP contribution in [0.2, 0.25) is 0 Å². The quantitative estimate of drug-likeness (QED) is 0.209. The summed E-state index contributed by atoms with van der Waals surface area (Å²) < 4.78 is 16.8. The van der Waals surface area contributed by atoms with Gasteiger partial charge in [-0.1, -0.05) is 29.7 Å². The molecule has 3 rings (SSSR count). The van der Waals surface area contributed by atoms with Crippen LogP contribution in [0, 0.1) is 0 Å². The second kappa shape index (κ2) is 13.4. The number of azide groups is 1. The molecule has 1 aliphatic rings. The topological polar surface area (TPSA) is 126 Å². The first kappa shape index (κ1) is 26.8. The summed E-state index contributed by atoms with van der Waals surface area (Å²) in [6.07, 6.45) is 3.48. The van der Waals surface area contributed by atoms with Gasteiger partial charge in [0.25, 0.3) is 0 Å². The van der Waals surface area contributed by atoms with Crippen molar-refractivity contribution in [1.29, 1.82) is 0 Å². The van der Waals surface area contributed by atoms with E-state index >= 15 is 0 Å². The Bertz CT molecular complexity index is 1100. The Kier molecular flexibility index (Phi) is 9.97. The summed E-state index contributed by atoms with van der Waals surface area (Å²) in [6, 6.07) is 12.6. The Morgan fingerprint density at radius 2 is 1.97 bits per heavy atom. The van der Waals surface area contributed by atoms with Crippen molar-refractivity contribution in [1.82, 2.24) is 4.90 Å². The van der Waals surface area contributed by atoms with Crippen molar-refractivity contribution in [2.45, 2.75) is 44.2 Å². The van der Waals surface area contributed by atoms with Crippen molar-refractivity contribution in [3.05, 3.63) is 64.0 Å². The molecule has 2 aromatic rings. The molecule has 0 unspecified atom stereocenters. The molecule has 10 heteroatoms. The number of nitrogens with zero attached hydrogens (tertiary/aromatic N) is 4. The number of rotatable bonds is 11. The average molecular weight is 496 g/mol. The van der Waals surface area contributed by atoms with Gasteiger partial charge >= 0.3 is 5.97 Å². The van der Waals surface area contributed by atoms with Crippen LogP contribution in [0.25, 0.3) is 10.4 Å². The fourth-order valence-electron chi connectivity index (χ4n) is 4.33. The van der Waals surface area contributed by atoms with E-state index < -0.39 is 12.0 Å². The van der Waals surface area contributed by atoms with Crippen molar-refractivity contribution < 1.29 is 23.8 Å². The molecular weight excluding hydrogens is 462 g/mol. The normalized spacial score (nSPS) is 16.4. The molecule has 0 bridgehead atoms. The van der Waals surface area contributed by atoms with E-state index in [0.29, 0.717) is 30.0 Å². The molecule has 0 aliphatic carbocycles. The molecule has 0 aromatic heterocycles. The molecular formula is C26H33N5O5. The molecule has 1 saturated heterocycles. The van der Waals surface area contributed by atoms with Crippen LogP contribution >= 0.6 is 0 Å². The van der Waals surface area contributed by atoms with E-state index in [-0.39, 0.29) is 18.6 Å². The van der Waals surface area contributed by atoms with E-state index in [1.807, 2.05) is 36.2 Å². The van der Waals surface area contributed by atoms with E-state index in [4.69, 9.17) is 19.7 Å². The first-order chi connectivity index (χ1) is 17.4. The number of anilines is 1. The van der Waals surface area contributed by atoms with Crippen LogP contribution in [0.15, 0.2) is 47.6 Å². The number of esters is 1. The van der Waals surface area contributed by atoms with Gasteiger partial charge in [0.2, 0.25) is 5.91 Å². The lowest BCUT2D eigenvalue weighted by Crippen LogP contribution is -2.43. The zero-order valence-corrected chi connectivity index (χ0v) is 21.0. The fraction of sp³-hybridized carbons (Fsp3) is 0.462. The maximum atomic E-state index is 13.2. The first-order valence-corrected chi connectivity index (χ1v) is 12.0. The van der Waals surface area contributed by atoms with Gasteiger partial charge in [-0.05, 0) is 80.2 Å². The summed E-state index contributed by atoms with van der Waals surface area (Å²) in [7, 11) is 5.13. The molecule has 0 spiro atoms. The van der Waals surface area contributed by atoms with E-state index in [1.54, 1.807) is 32.4 Å². The van der Waals surface area contributed by atoms with Gasteiger partial charge in [-0.2, -0.15) is 0 Å². The Morgan fingerprint density at radius 3 is 2.69 bits per heavy atom. The fourth-order valence-corrected chi connectivity index (χ4v) is 4.33. The highest BCUT2D eigenvalue weighted by molar-refractivity contribution is 5.92. The van der Waals surface area contributed by atoms with Gasteiger partial charge in [-0.3, -0.25) is 14.5 Å². The highest BCUT2D eigenvalue weighted by Crippen LogP contribution is 2.31. The third-order valence-electron chi connectivity index (χ3n) is 6.26. The predicted octanol–water partition coefficient (Wildman–Crippen LogP) is 4.65. The molecule has 1 amide bonds. The minimum atomic E-state index is -0.519. The number of amides is 1.